The number of aromatic carboxylic acids is 1. The number of aryl methyl sites for hydroxylation is 2. The number of carbonyl (C=O) groups is 2. The molecule has 0 radical (unpaired) electrons. The maximum atomic E-state index is 14.2. The van der Waals surface area contributed by atoms with Crippen molar-refractivity contribution in [1.82, 2.24) is 19.5 Å². The number of halogens is 2. The third-order valence-electron chi connectivity index (χ3n) is 6.84. The third kappa shape index (κ3) is 4.16. The lowest BCUT2D eigenvalue weighted by Crippen LogP contribution is -2.38. The van der Waals surface area contributed by atoms with E-state index in [9.17, 15) is 23.5 Å². The highest BCUT2D eigenvalue weighted by Crippen LogP contribution is 2.42. The number of rotatable bonds is 5. The van der Waals surface area contributed by atoms with Crippen LogP contribution in [0.2, 0.25) is 0 Å². The van der Waals surface area contributed by atoms with E-state index in [2.05, 4.69) is 10.1 Å². The largest absolute Gasteiger partial charge is 0.477 e. The number of hydrogen-bond acceptors (Lipinski definition) is 7. The molecule has 1 aliphatic heterocycles. The number of carboxylic acid groups (broad SMARTS) is 1. The van der Waals surface area contributed by atoms with Gasteiger partial charge in [0.25, 0.3) is 0 Å². The first-order valence-corrected chi connectivity index (χ1v) is 13.0. The molecule has 198 valence electrons. The van der Waals surface area contributed by atoms with E-state index in [1.807, 2.05) is 26.0 Å². The average Bonchev–Trinajstić information content (AvgIpc) is 3.62. The number of aromatic nitrogens is 4. The van der Waals surface area contributed by atoms with Gasteiger partial charge in [-0.05, 0) is 56.5 Å². The number of carbonyl (C=O) groups excluding carboxylic acids is 1. The zero-order valence-electron chi connectivity index (χ0n) is 20.8. The number of carboxylic acids is 1. The van der Waals surface area contributed by atoms with Gasteiger partial charge >= 0.3 is 5.97 Å². The number of thiazole rings is 1. The first-order valence-electron chi connectivity index (χ1n) is 12.1. The van der Waals surface area contributed by atoms with Gasteiger partial charge in [-0.3, -0.25) is 9.20 Å². The number of anilines is 1. The summed E-state index contributed by atoms with van der Waals surface area (Å²) in [6.45, 7) is 3.66. The van der Waals surface area contributed by atoms with Crippen LogP contribution in [0.3, 0.4) is 0 Å². The molecule has 0 aliphatic carbocycles. The molecule has 6 rings (SSSR count). The Morgan fingerprint density at radius 1 is 1.18 bits per heavy atom. The monoisotopic (exact) mass is 549 g/mol. The fourth-order valence-electron chi connectivity index (χ4n) is 5.13. The van der Waals surface area contributed by atoms with Crippen molar-refractivity contribution in [2.45, 2.75) is 39.2 Å². The third-order valence-corrected chi connectivity index (χ3v) is 7.83. The molecule has 0 unspecified atom stereocenters. The lowest BCUT2D eigenvalue weighted by Gasteiger charge is -2.35. The van der Waals surface area contributed by atoms with Crippen LogP contribution in [-0.2, 0) is 4.79 Å². The standard InChI is InChI=1S/C27H21F2N5O4S/c1-13-23(14(2)38-32-13)15-8-9-33-21(10-15)31-24(25(33)26-30-12-20(39-26)27(36)37)19-4-3-5-22(35)34(19)16-6-7-17(28)18(29)11-16/h6-12,19H,3-5H2,1-2H3,(H,36,37)/t19-/m0/s1. The summed E-state index contributed by atoms with van der Waals surface area (Å²) in [4.78, 5) is 35.6. The minimum Gasteiger partial charge on any atom is -0.477 e. The van der Waals surface area contributed by atoms with Crippen LogP contribution in [0.25, 0.3) is 27.5 Å². The van der Waals surface area contributed by atoms with E-state index in [1.54, 1.807) is 10.6 Å². The Bertz CT molecular complexity index is 1760. The van der Waals surface area contributed by atoms with Gasteiger partial charge in [0.2, 0.25) is 5.91 Å². The van der Waals surface area contributed by atoms with Crippen molar-refractivity contribution in [1.29, 1.82) is 0 Å². The molecule has 12 heteroatoms. The van der Waals surface area contributed by atoms with Gasteiger partial charge in [-0.25, -0.2) is 23.5 Å². The van der Waals surface area contributed by atoms with Crippen molar-refractivity contribution in [3.8, 4) is 21.8 Å². The molecular weight excluding hydrogens is 528 g/mol. The van der Waals surface area contributed by atoms with E-state index in [0.29, 0.717) is 40.6 Å². The second kappa shape index (κ2) is 9.38. The van der Waals surface area contributed by atoms with Crippen molar-refractivity contribution >= 4 is 34.5 Å². The Balaban J connectivity index is 1.57. The Morgan fingerprint density at radius 3 is 2.69 bits per heavy atom. The summed E-state index contributed by atoms with van der Waals surface area (Å²) >= 11 is 0.991. The summed E-state index contributed by atoms with van der Waals surface area (Å²) in [5.41, 5.74) is 4.14. The quantitative estimate of drug-likeness (QED) is 0.288. The maximum Gasteiger partial charge on any atom is 0.347 e. The lowest BCUT2D eigenvalue weighted by molar-refractivity contribution is -0.120. The normalized spacial score (nSPS) is 15.8. The molecule has 0 spiro atoms. The van der Waals surface area contributed by atoms with Gasteiger partial charge in [0.05, 0.1) is 23.6 Å². The molecular formula is C27H21F2N5O4S. The van der Waals surface area contributed by atoms with Gasteiger partial charge in [0.1, 0.15) is 27.0 Å². The Hall–Kier alpha value is -4.45. The Morgan fingerprint density at radius 2 is 2.00 bits per heavy atom. The molecule has 1 aliphatic rings. The summed E-state index contributed by atoms with van der Waals surface area (Å²) in [5, 5.41) is 13.9. The molecule has 1 fully saturated rings. The highest BCUT2D eigenvalue weighted by Gasteiger charge is 2.36. The molecule has 9 nitrogen and oxygen atoms in total. The molecule has 1 atom stereocenters. The molecule has 0 saturated carbocycles. The number of piperidine rings is 1. The number of imidazole rings is 1. The van der Waals surface area contributed by atoms with E-state index in [1.165, 1.54) is 17.2 Å². The predicted molar refractivity (Wildman–Crippen MR) is 139 cm³/mol. The van der Waals surface area contributed by atoms with Crippen LogP contribution in [-0.4, -0.2) is 36.5 Å². The second-order valence-electron chi connectivity index (χ2n) is 9.29. The number of pyridine rings is 1. The van der Waals surface area contributed by atoms with Crippen LogP contribution in [0.4, 0.5) is 14.5 Å². The van der Waals surface area contributed by atoms with Gasteiger partial charge in [0, 0.05) is 29.9 Å². The van der Waals surface area contributed by atoms with Crippen LogP contribution in [0.1, 0.15) is 52.1 Å². The van der Waals surface area contributed by atoms with Crippen LogP contribution in [0, 0.1) is 25.5 Å². The smallest absolute Gasteiger partial charge is 0.347 e. The molecule has 1 aromatic carbocycles. The molecule has 39 heavy (non-hydrogen) atoms. The van der Waals surface area contributed by atoms with E-state index in [-0.39, 0.29) is 22.9 Å². The first-order chi connectivity index (χ1) is 18.7. The zero-order valence-corrected chi connectivity index (χ0v) is 21.6. The summed E-state index contributed by atoms with van der Waals surface area (Å²) < 4.78 is 35.1. The number of hydrogen-bond donors (Lipinski definition) is 1. The predicted octanol–water partition coefficient (Wildman–Crippen LogP) is 5.96. The fourth-order valence-corrected chi connectivity index (χ4v) is 5.93. The highest BCUT2D eigenvalue weighted by atomic mass is 32.1. The SMILES string of the molecule is Cc1noc(C)c1-c1ccn2c(-c3ncc(C(=O)O)s3)c([C@@H]3CCCC(=O)N3c3ccc(F)c(F)c3)nc2c1. The van der Waals surface area contributed by atoms with Crippen molar-refractivity contribution in [2.75, 3.05) is 4.90 Å². The summed E-state index contributed by atoms with van der Waals surface area (Å²) in [5.74, 6) is -2.77. The second-order valence-corrected chi connectivity index (χ2v) is 10.3. The minimum absolute atomic E-state index is 0.0513. The van der Waals surface area contributed by atoms with Crippen LogP contribution in [0.15, 0.2) is 47.2 Å². The molecule has 1 amide bonds. The number of nitrogens with zero attached hydrogens (tertiary/aromatic N) is 5. The van der Waals surface area contributed by atoms with Crippen LogP contribution < -0.4 is 4.90 Å². The number of amides is 1. The summed E-state index contributed by atoms with van der Waals surface area (Å²) in [6, 6.07) is 6.47. The van der Waals surface area contributed by atoms with E-state index in [0.717, 1.165) is 40.3 Å². The number of fused-ring (bicyclic) bond motifs is 1. The van der Waals surface area contributed by atoms with Crippen molar-refractivity contribution < 1.29 is 28.0 Å². The van der Waals surface area contributed by atoms with Gasteiger partial charge < -0.3 is 14.5 Å². The molecule has 5 aromatic rings. The average molecular weight is 550 g/mol. The maximum absolute atomic E-state index is 14.2. The Kier molecular flexibility index (Phi) is 5.98. The molecule has 5 heterocycles. The highest BCUT2D eigenvalue weighted by molar-refractivity contribution is 7.16. The lowest BCUT2D eigenvalue weighted by atomic mass is 9.96. The first kappa shape index (κ1) is 24.9. The topological polar surface area (TPSA) is 114 Å². The zero-order chi connectivity index (χ0) is 27.4. The summed E-state index contributed by atoms with van der Waals surface area (Å²) in [7, 11) is 0. The fraction of sp³-hybridized carbons (Fsp3) is 0.222. The van der Waals surface area contributed by atoms with Crippen molar-refractivity contribution in [2.24, 2.45) is 0 Å². The van der Waals surface area contributed by atoms with Gasteiger partial charge in [-0.15, -0.1) is 11.3 Å². The minimum atomic E-state index is -1.11. The van der Waals surface area contributed by atoms with Gasteiger partial charge in [-0.2, -0.15) is 0 Å². The number of benzene rings is 1. The van der Waals surface area contributed by atoms with E-state index < -0.39 is 23.6 Å². The van der Waals surface area contributed by atoms with Crippen molar-refractivity contribution in [3.63, 3.8) is 0 Å². The van der Waals surface area contributed by atoms with Crippen LogP contribution >= 0.6 is 11.3 Å². The van der Waals surface area contributed by atoms with E-state index in [4.69, 9.17) is 9.51 Å². The van der Waals surface area contributed by atoms with E-state index >= 15 is 0 Å². The molecule has 0 bridgehead atoms. The van der Waals surface area contributed by atoms with Gasteiger partial charge in [0.15, 0.2) is 11.6 Å². The molecule has 4 aromatic heterocycles. The molecule has 1 saturated heterocycles. The van der Waals surface area contributed by atoms with Crippen molar-refractivity contribution in [3.05, 3.63) is 76.4 Å². The summed E-state index contributed by atoms with van der Waals surface area (Å²) in [6.07, 6.45) is 4.41. The molecule has 1 N–H and O–H groups in total. The Labute approximate surface area is 224 Å². The van der Waals surface area contributed by atoms with Gasteiger partial charge in [-0.1, -0.05) is 5.16 Å². The van der Waals surface area contributed by atoms with Crippen LogP contribution in [0.5, 0.6) is 0 Å².